The Labute approximate surface area is 172 Å². The van der Waals surface area contributed by atoms with E-state index >= 15 is 0 Å². The first-order chi connectivity index (χ1) is 14.2. The van der Waals surface area contributed by atoms with E-state index in [0.29, 0.717) is 17.3 Å². The molecule has 1 atom stereocenters. The summed E-state index contributed by atoms with van der Waals surface area (Å²) in [5, 5.41) is 4.21. The highest BCUT2D eigenvalue weighted by Crippen LogP contribution is 2.40. The van der Waals surface area contributed by atoms with Gasteiger partial charge in [0.15, 0.2) is 0 Å². The molecule has 29 heavy (non-hydrogen) atoms. The summed E-state index contributed by atoms with van der Waals surface area (Å²) in [6.45, 7) is 7.56. The van der Waals surface area contributed by atoms with Gasteiger partial charge in [0.2, 0.25) is 5.82 Å². The first kappa shape index (κ1) is 18.4. The van der Waals surface area contributed by atoms with Gasteiger partial charge in [-0.15, -0.1) is 0 Å². The lowest BCUT2D eigenvalue weighted by Gasteiger charge is -2.40. The highest BCUT2D eigenvalue weighted by molar-refractivity contribution is 5.55. The monoisotopic (exact) mass is 388 g/mol. The minimum absolute atomic E-state index is 0.337. The zero-order valence-corrected chi connectivity index (χ0v) is 17.1. The normalized spacial score (nSPS) is 22.4. The van der Waals surface area contributed by atoms with Crippen molar-refractivity contribution in [1.82, 2.24) is 15.0 Å². The first-order valence-corrected chi connectivity index (χ1v) is 10.6. The molecule has 3 aromatic rings. The fourth-order valence-electron chi connectivity index (χ4n) is 4.99. The summed E-state index contributed by atoms with van der Waals surface area (Å²) in [6.07, 6.45) is 3.74. The van der Waals surface area contributed by atoms with E-state index < -0.39 is 0 Å². The molecule has 2 saturated heterocycles. The van der Waals surface area contributed by atoms with Crippen molar-refractivity contribution in [1.29, 1.82) is 0 Å². The van der Waals surface area contributed by atoms with E-state index in [1.54, 1.807) is 0 Å². The van der Waals surface area contributed by atoms with E-state index in [4.69, 9.17) is 4.52 Å². The Morgan fingerprint density at radius 2 is 1.90 bits per heavy atom. The SMILES string of the molecule is Cc1cccc(CN2CCC[C@]3(CCN(c4nc(-c5ccccc5)no4)C3)C2)c1. The Morgan fingerprint density at radius 3 is 2.76 bits per heavy atom. The van der Waals surface area contributed by atoms with Crippen molar-refractivity contribution >= 4 is 6.01 Å². The third kappa shape index (κ3) is 3.92. The van der Waals surface area contributed by atoms with Gasteiger partial charge < -0.3 is 9.42 Å². The fraction of sp³-hybridized carbons (Fsp3) is 0.417. The predicted octanol–water partition coefficient (Wildman–Crippen LogP) is 4.54. The average Bonchev–Trinajstić information content (AvgIpc) is 3.37. The van der Waals surface area contributed by atoms with Crippen LogP contribution in [0.1, 0.15) is 30.4 Å². The molecule has 5 nitrogen and oxygen atoms in total. The summed E-state index contributed by atoms with van der Waals surface area (Å²) in [5.41, 5.74) is 4.09. The molecule has 5 heteroatoms. The van der Waals surface area contributed by atoms with Gasteiger partial charge in [0.05, 0.1) is 0 Å². The second kappa shape index (κ2) is 7.64. The molecule has 2 aliphatic heterocycles. The first-order valence-electron chi connectivity index (χ1n) is 10.6. The molecular weight excluding hydrogens is 360 g/mol. The van der Waals surface area contributed by atoms with Crippen molar-refractivity contribution in [2.45, 2.75) is 32.7 Å². The molecule has 0 N–H and O–H groups in total. The Morgan fingerprint density at radius 1 is 1.00 bits per heavy atom. The fourth-order valence-corrected chi connectivity index (χ4v) is 4.99. The van der Waals surface area contributed by atoms with Crippen LogP contribution in [-0.2, 0) is 6.54 Å². The molecule has 0 saturated carbocycles. The largest absolute Gasteiger partial charge is 0.324 e. The average molecular weight is 389 g/mol. The van der Waals surface area contributed by atoms with Gasteiger partial charge in [-0.25, -0.2) is 0 Å². The molecule has 0 amide bonds. The zero-order valence-electron chi connectivity index (χ0n) is 17.1. The van der Waals surface area contributed by atoms with Crippen LogP contribution in [0, 0.1) is 12.3 Å². The van der Waals surface area contributed by atoms with Gasteiger partial charge in [-0.05, 0) is 38.3 Å². The van der Waals surface area contributed by atoms with Crippen LogP contribution in [0.5, 0.6) is 0 Å². The number of anilines is 1. The van der Waals surface area contributed by atoms with E-state index in [1.807, 2.05) is 30.3 Å². The van der Waals surface area contributed by atoms with Crippen LogP contribution in [0.3, 0.4) is 0 Å². The number of aromatic nitrogens is 2. The second-order valence-corrected chi connectivity index (χ2v) is 8.74. The molecule has 2 aromatic carbocycles. The maximum absolute atomic E-state index is 5.62. The van der Waals surface area contributed by atoms with Crippen molar-refractivity contribution in [3.05, 3.63) is 65.7 Å². The molecule has 5 rings (SSSR count). The summed E-state index contributed by atoms with van der Waals surface area (Å²) in [5.74, 6) is 0.672. The highest BCUT2D eigenvalue weighted by atomic mass is 16.5. The van der Waals surface area contributed by atoms with Crippen LogP contribution in [0.2, 0.25) is 0 Å². The van der Waals surface area contributed by atoms with Gasteiger partial charge in [0.1, 0.15) is 0 Å². The van der Waals surface area contributed by atoms with Gasteiger partial charge >= 0.3 is 6.01 Å². The molecule has 0 aliphatic carbocycles. The molecule has 0 radical (unpaired) electrons. The van der Waals surface area contributed by atoms with Crippen LogP contribution in [0.15, 0.2) is 59.1 Å². The van der Waals surface area contributed by atoms with Crippen molar-refractivity contribution in [3.8, 4) is 11.4 Å². The van der Waals surface area contributed by atoms with Crippen LogP contribution < -0.4 is 4.90 Å². The topological polar surface area (TPSA) is 45.4 Å². The molecule has 1 aromatic heterocycles. The van der Waals surface area contributed by atoms with E-state index in [0.717, 1.165) is 31.7 Å². The Balaban J connectivity index is 1.26. The predicted molar refractivity (Wildman–Crippen MR) is 115 cm³/mol. The van der Waals surface area contributed by atoms with Crippen molar-refractivity contribution < 1.29 is 4.52 Å². The maximum atomic E-state index is 5.62. The lowest BCUT2D eigenvalue weighted by atomic mass is 9.79. The summed E-state index contributed by atoms with van der Waals surface area (Å²) in [6, 6.07) is 19.6. The quantitative estimate of drug-likeness (QED) is 0.657. The highest BCUT2D eigenvalue weighted by Gasteiger charge is 2.42. The Kier molecular flexibility index (Phi) is 4.84. The third-order valence-electron chi connectivity index (χ3n) is 6.39. The van der Waals surface area contributed by atoms with Crippen molar-refractivity contribution in [2.24, 2.45) is 5.41 Å². The number of hydrogen-bond donors (Lipinski definition) is 0. The van der Waals surface area contributed by atoms with E-state index in [2.05, 4.69) is 51.1 Å². The molecule has 2 aliphatic rings. The van der Waals surface area contributed by atoms with Gasteiger partial charge in [0.25, 0.3) is 0 Å². The number of hydrogen-bond acceptors (Lipinski definition) is 5. The number of nitrogens with zero attached hydrogens (tertiary/aromatic N) is 4. The molecule has 150 valence electrons. The Bertz CT molecular complexity index is 970. The molecule has 3 heterocycles. The summed E-state index contributed by atoms with van der Waals surface area (Å²) in [4.78, 5) is 9.59. The molecular formula is C24H28N4O. The van der Waals surface area contributed by atoms with E-state index in [9.17, 15) is 0 Å². The van der Waals surface area contributed by atoms with Crippen LogP contribution in [0.25, 0.3) is 11.4 Å². The zero-order chi connectivity index (χ0) is 19.7. The number of rotatable bonds is 4. The van der Waals surface area contributed by atoms with Gasteiger partial charge in [-0.3, -0.25) is 4.90 Å². The number of aryl methyl sites for hydroxylation is 1. The minimum atomic E-state index is 0.337. The number of benzene rings is 2. The molecule has 1 spiro atoms. The van der Waals surface area contributed by atoms with Crippen molar-refractivity contribution in [2.75, 3.05) is 31.1 Å². The number of piperidine rings is 1. The third-order valence-corrected chi connectivity index (χ3v) is 6.39. The van der Waals surface area contributed by atoms with E-state index in [1.165, 1.54) is 36.9 Å². The van der Waals surface area contributed by atoms with Crippen LogP contribution in [0.4, 0.5) is 6.01 Å². The summed E-state index contributed by atoms with van der Waals surface area (Å²) in [7, 11) is 0. The summed E-state index contributed by atoms with van der Waals surface area (Å²) < 4.78 is 5.62. The van der Waals surface area contributed by atoms with Crippen LogP contribution in [-0.4, -0.2) is 41.2 Å². The number of likely N-dealkylation sites (tertiary alicyclic amines) is 1. The van der Waals surface area contributed by atoms with E-state index in [-0.39, 0.29) is 0 Å². The standard InChI is InChI=1S/C24H28N4O/c1-19-7-5-8-20(15-19)16-27-13-6-11-24(17-27)12-14-28(18-24)23-25-22(26-29-23)21-9-3-2-4-10-21/h2-5,7-10,15H,6,11-14,16-18H2,1H3/t24-/m0/s1. The van der Waals surface area contributed by atoms with Crippen molar-refractivity contribution in [3.63, 3.8) is 0 Å². The van der Waals surface area contributed by atoms with Crippen LogP contribution >= 0.6 is 0 Å². The molecule has 0 bridgehead atoms. The lowest BCUT2D eigenvalue weighted by Crippen LogP contribution is -2.44. The maximum Gasteiger partial charge on any atom is 0.324 e. The van der Waals surface area contributed by atoms with Gasteiger partial charge in [-0.1, -0.05) is 65.3 Å². The summed E-state index contributed by atoms with van der Waals surface area (Å²) >= 11 is 0. The Hall–Kier alpha value is -2.66. The minimum Gasteiger partial charge on any atom is -0.324 e. The van der Waals surface area contributed by atoms with Gasteiger partial charge in [0, 0.05) is 37.2 Å². The molecule has 0 unspecified atom stereocenters. The smallest absolute Gasteiger partial charge is 0.324 e. The second-order valence-electron chi connectivity index (χ2n) is 8.74. The van der Waals surface area contributed by atoms with Gasteiger partial charge in [-0.2, -0.15) is 4.98 Å². The lowest BCUT2D eigenvalue weighted by molar-refractivity contribution is 0.0989. The molecule has 2 fully saturated rings.